The van der Waals surface area contributed by atoms with Gasteiger partial charge in [0.25, 0.3) is 0 Å². The Bertz CT molecular complexity index is 712. The number of sulfone groups is 1. The lowest BCUT2D eigenvalue weighted by Crippen LogP contribution is -2.51. The quantitative estimate of drug-likeness (QED) is 0.702. The lowest BCUT2D eigenvalue weighted by atomic mass is 10.1. The molecule has 0 aromatic heterocycles. The second-order valence-electron chi connectivity index (χ2n) is 6.84. The zero-order valence-corrected chi connectivity index (χ0v) is 15.5. The Morgan fingerprint density at radius 1 is 1.20 bits per heavy atom. The van der Waals surface area contributed by atoms with Crippen LogP contribution in [-0.2, 0) is 9.84 Å². The van der Waals surface area contributed by atoms with E-state index in [9.17, 15) is 13.2 Å². The molecule has 3 rings (SSSR count). The molecule has 2 heterocycles. The molecule has 1 atom stereocenters. The standard InChI is InChI=1S/C18H26N2O4S/c1-15(21)17-4-2-3-5-18(17)24-12-11-19-7-9-20(10-8-19)16-6-13-25(22,23)14-16/h2-5,16H,6-14H2,1H3. The third kappa shape index (κ3) is 4.80. The number of para-hydroxylation sites is 1. The highest BCUT2D eigenvalue weighted by Crippen LogP contribution is 2.20. The minimum atomic E-state index is -2.82. The van der Waals surface area contributed by atoms with Crippen molar-refractivity contribution < 1.29 is 17.9 Å². The molecule has 0 N–H and O–H groups in total. The van der Waals surface area contributed by atoms with E-state index in [2.05, 4.69) is 9.80 Å². The Hall–Kier alpha value is -1.44. The Kier molecular flexibility index (Phi) is 5.76. The van der Waals surface area contributed by atoms with Gasteiger partial charge in [0.15, 0.2) is 15.6 Å². The van der Waals surface area contributed by atoms with Crippen molar-refractivity contribution in [2.75, 3.05) is 50.8 Å². The Balaban J connectivity index is 1.42. The SMILES string of the molecule is CC(=O)c1ccccc1OCCN1CCN(C2CCS(=O)(=O)C2)CC1. The maximum absolute atomic E-state index is 11.6. The van der Waals surface area contributed by atoms with Gasteiger partial charge in [-0.2, -0.15) is 0 Å². The van der Waals surface area contributed by atoms with Crippen molar-refractivity contribution in [3.8, 4) is 5.75 Å². The summed E-state index contributed by atoms with van der Waals surface area (Å²) < 4.78 is 29.0. The highest BCUT2D eigenvalue weighted by molar-refractivity contribution is 7.91. The van der Waals surface area contributed by atoms with Gasteiger partial charge < -0.3 is 4.74 Å². The first kappa shape index (κ1) is 18.4. The fourth-order valence-electron chi connectivity index (χ4n) is 3.58. The van der Waals surface area contributed by atoms with Gasteiger partial charge in [0.2, 0.25) is 0 Å². The number of Topliss-reactive ketones (excluding diaryl/α,β-unsaturated/α-hetero) is 1. The number of benzene rings is 1. The van der Waals surface area contributed by atoms with Crippen LogP contribution >= 0.6 is 0 Å². The van der Waals surface area contributed by atoms with Crippen molar-refractivity contribution in [1.82, 2.24) is 9.80 Å². The molecule has 7 heteroatoms. The predicted molar refractivity (Wildman–Crippen MR) is 97.0 cm³/mol. The first-order valence-electron chi connectivity index (χ1n) is 8.84. The van der Waals surface area contributed by atoms with Gasteiger partial charge in [-0.25, -0.2) is 8.42 Å². The van der Waals surface area contributed by atoms with Crippen molar-refractivity contribution in [1.29, 1.82) is 0 Å². The zero-order chi connectivity index (χ0) is 17.9. The van der Waals surface area contributed by atoms with Gasteiger partial charge in [0.05, 0.1) is 17.1 Å². The third-order valence-electron chi connectivity index (χ3n) is 5.06. The van der Waals surface area contributed by atoms with Crippen LogP contribution in [-0.4, -0.2) is 80.9 Å². The second-order valence-corrected chi connectivity index (χ2v) is 9.06. The van der Waals surface area contributed by atoms with E-state index in [-0.39, 0.29) is 11.8 Å². The topological polar surface area (TPSA) is 66.9 Å². The van der Waals surface area contributed by atoms with Crippen LogP contribution in [0, 0.1) is 0 Å². The van der Waals surface area contributed by atoms with Gasteiger partial charge in [-0.3, -0.25) is 14.6 Å². The maximum Gasteiger partial charge on any atom is 0.163 e. The van der Waals surface area contributed by atoms with E-state index in [0.717, 1.165) is 39.1 Å². The van der Waals surface area contributed by atoms with Crippen molar-refractivity contribution in [2.45, 2.75) is 19.4 Å². The monoisotopic (exact) mass is 366 g/mol. The number of carbonyl (C=O) groups excluding carboxylic acids is 1. The van der Waals surface area contributed by atoms with E-state index in [1.807, 2.05) is 18.2 Å². The maximum atomic E-state index is 11.6. The van der Waals surface area contributed by atoms with Crippen LogP contribution in [0.5, 0.6) is 5.75 Å². The van der Waals surface area contributed by atoms with Crippen molar-refractivity contribution in [2.24, 2.45) is 0 Å². The molecular formula is C18H26N2O4S. The molecule has 1 aromatic carbocycles. The number of carbonyl (C=O) groups is 1. The minimum absolute atomic E-state index is 0.00994. The molecule has 2 fully saturated rings. The average molecular weight is 366 g/mol. The number of rotatable bonds is 6. The Morgan fingerprint density at radius 2 is 1.92 bits per heavy atom. The normalized spacial score (nSPS) is 24.3. The van der Waals surface area contributed by atoms with E-state index >= 15 is 0 Å². The van der Waals surface area contributed by atoms with Crippen molar-refractivity contribution in [3.05, 3.63) is 29.8 Å². The molecule has 1 aromatic rings. The summed E-state index contributed by atoms with van der Waals surface area (Å²) in [6, 6.07) is 7.52. The fraction of sp³-hybridized carbons (Fsp3) is 0.611. The van der Waals surface area contributed by atoms with E-state index in [1.165, 1.54) is 0 Å². The van der Waals surface area contributed by atoms with E-state index < -0.39 is 9.84 Å². The van der Waals surface area contributed by atoms with E-state index in [1.54, 1.807) is 13.0 Å². The molecule has 1 unspecified atom stereocenters. The van der Waals surface area contributed by atoms with E-state index in [4.69, 9.17) is 4.74 Å². The Morgan fingerprint density at radius 3 is 2.56 bits per heavy atom. The highest BCUT2D eigenvalue weighted by Gasteiger charge is 2.33. The van der Waals surface area contributed by atoms with E-state index in [0.29, 0.717) is 29.4 Å². The summed E-state index contributed by atoms with van der Waals surface area (Å²) in [5.41, 5.74) is 0.620. The third-order valence-corrected chi connectivity index (χ3v) is 6.81. The molecule has 2 aliphatic heterocycles. The first-order chi connectivity index (χ1) is 11.9. The Labute approximate surface area is 149 Å². The predicted octanol–water partition coefficient (Wildman–Crippen LogP) is 1.07. The average Bonchev–Trinajstić information content (AvgIpc) is 2.96. The van der Waals surface area contributed by atoms with Crippen LogP contribution in [0.25, 0.3) is 0 Å². The number of hydrogen-bond donors (Lipinski definition) is 0. The number of hydrogen-bond acceptors (Lipinski definition) is 6. The fourth-order valence-corrected chi connectivity index (χ4v) is 5.35. The van der Waals surface area contributed by atoms with Gasteiger partial charge in [0.1, 0.15) is 12.4 Å². The van der Waals surface area contributed by atoms with Gasteiger partial charge >= 0.3 is 0 Å². The summed E-state index contributed by atoms with van der Waals surface area (Å²) in [7, 11) is -2.82. The second kappa shape index (κ2) is 7.85. The zero-order valence-electron chi connectivity index (χ0n) is 14.7. The van der Waals surface area contributed by atoms with Gasteiger partial charge in [0, 0.05) is 38.8 Å². The summed E-state index contributed by atoms with van der Waals surface area (Å²) >= 11 is 0. The van der Waals surface area contributed by atoms with Crippen LogP contribution in [0.2, 0.25) is 0 Å². The molecule has 0 aliphatic carbocycles. The van der Waals surface area contributed by atoms with Crippen LogP contribution < -0.4 is 4.74 Å². The van der Waals surface area contributed by atoms with Crippen LogP contribution in [0.1, 0.15) is 23.7 Å². The van der Waals surface area contributed by atoms with Crippen molar-refractivity contribution in [3.63, 3.8) is 0 Å². The molecule has 138 valence electrons. The molecule has 0 spiro atoms. The molecule has 0 radical (unpaired) electrons. The van der Waals surface area contributed by atoms with Gasteiger partial charge in [-0.05, 0) is 25.5 Å². The van der Waals surface area contributed by atoms with Crippen LogP contribution in [0.3, 0.4) is 0 Å². The molecule has 0 bridgehead atoms. The largest absolute Gasteiger partial charge is 0.491 e. The summed E-state index contributed by atoms with van der Waals surface area (Å²) in [5, 5.41) is 0. The lowest BCUT2D eigenvalue weighted by molar-refractivity contribution is 0.0929. The summed E-state index contributed by atoms with van der Waals surface area (Å²) in [6.45, 7) is 6.56. The minimum Gasteiger partial charge on any atom is -0.491 e. The highest BCUT2D eigenvalue weighted by atomic mass is 32.2. The van der Waals surface area contributed by atoms with Gasteiger partial charge in [-0.15, -0.1) is 0 Å². The lowest BCUT2D eigenvalue weighted by Gasteiger charge is -2.37. The number of piperazine rings is 1. The number of ketones is 1. The molecule has 0 saturated carbocycles. The molecular weight excluding hydrogens is 340 g/mol. The summed E-state index contributed by atoms with van der Waals surface area (Å²) in [5.74, 6) is 1.31. The molecule has 2 saturated heterocycles. The number of ether oxygens (including phenoxy) is 1. The molecule has 2 aliphatic rings. The van der Waals surface area contributed by atoms with Crippen LogP contribution in [0.4, 0.5) is 0 Å². The van der Waals surface area contributed by atoms with Crippen LogP contribution in [0.15, 0.2) is 24.3 Å². The van der Waals surface area contributed by atoms with Gasteiger partial charge in [-0.1, -0.05) is 12.1 Å². The number of nitrogens with zero attached hydrogens (tertiary/aromatic N) is 2. The first-order valence-corrected chi connectivity index (χ1v) is 10.7. The summed E-state index contributed by atoms with van der Waals surface area (Å²) in [4.78, 5) is 16.2. The molecule has 6 nitrogen and oxygen atoms in total. The summed E-state index contributed by atoms with van der Waals surface area (Å²) in [6.07, 6.45) is 0.771. The van der Waals surface area contributed by atoms with Crippen molar-refractivity contribution >= 4 is 15.6 Å². The molecule has 0 amide bonds. The smallest absolute Gasteiger partial charge is 0.163 e. The molecule has 25 heavy (non-hydrogen) atoms.